The molecule has 0 aromatic heterocycles. The lowest BCUT2D eigenvalue weighted by molar-refractivity contribution is -0.265. The molecular formula is C33H36O5S. The number of benzene rings is 4. The topological polar surface area (TPSA) is 57.2 Å². The van der Waals surface area contributed by atoms with Crippen molar-refractivity contribution >= 4 is 22.5 Å². The second kappa shape index (κ2) is 13.1. The zero-order valence-electron chi connectivity index (χ0n) is 22.4. The molecule has 0 saturated carbocycles. The van der Waals surface area contributed by atoms with E-state index in [1.165, 1.54) is 0 Å². The smallest absolute Gasteiger partial charge is 0.146 e. The lowest BCUT2D eigenvalue weighted by Gasteiger charge is -2.50. The molecule has 1 aliphatic rings. The normalized spacial score (nSPS) is 25.1. The number of thioether (sulfide) groups is 1. The number of aliphatic hydroxyl groups excluding tert-OH is 1. The molecule has 1 saturated heterocycles. The Labute approximate surface area is 235 Å². The van der Waals surface area contributed by atoms with Crippen molar-refractivity contribution in [1.82, 2.24) is 0 Å². The average molecular weight is 545 g/mol. The summed E-state index contributed by atoms with van der Waals surface area (Å²) in [6, 6.07) is 34.6. The van der Waals surface area contributed by atoms with Crippen LogP contribution in [-0.4, -0.2) is 48.2 Å². The van der Waals surface area contributed by atoms with Gasteiger partial charge in [0.2, 0.25) is 0 Å². The number of hydrogen-bond acceptors (Lipinski definition) is 6. The maximum Gasteiger partial charge on any atom is 0.146 e. The van der Waals surface area contributed by atoms with Crippen LogP contribution in [0, 0.1) is 0 Å². The van der Waals surface area contributed by atoms with E-state index in [9.17, 15) is 5.11 Å². The fourth-order valence-electron chi connectivity index (χ4n) is 5.18. The predicted octanol–water partition coefficient (Wildman–Crippen LogP) is 6.62. The summed E-state index contributed by atoms with van der Waals surface area (Å²) in [4.78, 5) is 0.106. The molecule has 5 atom stereocenters. The lowest BCUT2D eigenvalue weighted by Crippen LogP contribution is -2.64. The molecule has 39 heavy (non-hydrogen) atoms. The Kier molecular flexibility index (Phi) is 9.35. The molecule has 0 amide bonds. The second-order valence-electron chi connectivity index (χ2n) is 9.81. The van der Waals surface area contributed by atoms with E-state index in [2.05, 4.69) is 24.3 Å². The summed E-state index contributed by atoms with van der Waals surface area (Å²) >= 11 is 1.56. The molecule has 4 aromatic carbocycles. The molecule has 1 aliphatic heterocycles. The molecule has 1 heterocycles. The molecular weight excluding hydrogens is 508 g/mol. The molecule has 4 aromatic rings. The Hall–Kier alpha value is -2.71. The fourth-order valence-corrected chi connectivity index (χ4v) is 6.57. The van der Waals surface area contributed by atoms with E-state index in [4.69, 9.17) is 18.9 Å². The van der Waals surface area contributed by atoms with Gasteiger partial charge in [0.05, 0.1) is 19.8 Å². The molecule has 1 N–H and O–H groups in total. The van der Waals surface area contributed by atoms with Gasteiger partial charge in [0.15, 0.2) is 0 Å². The standard InChI is InChI=1S/C33H36O5S/c1-3-33(39-29-20-12-18-26-17-10-11-19-27(26)29)32(34)31(35-2)30(37-22-25-15-8-5-9-16-25)28(38-33)23-36-21-24-13-6-4-7-14-24/h4-20,28,30-32,34H,3,21-23H2,1-2H3/t28-,30-,31+,32-,33+/m1/s1. The number of rotatable bonds is 11. The number of hydrogen-bond donors (Lipinski definition) is 1. The average Bonchev–Trinajstić information content (AvgIpc) is 2.99. The molecule has 5 nitrogen and oxygen atoms in total. The van der Waals surface area contributed by atoms with Crippen molar-refractivity contribution in [3.63, 3.8) is 0 Å². The molecule has 0 unspecified atom stereocenters. The van der Waals surface area contributed by atoms with E-state index >= 15 is 0 Å². The van der Waals surface area contributed by atoms with E-state index in [1.54, 1.807) is 18.9 Å². The van der Waals surface area contributed by atoms with Crippen LogP contribution in [0.4, 0.5) is 0 Å². The first-order chi connectivity index (χ1) is 19.1. The van der Waals surface area contributed by atoms with Crippen molar-refractivity contribution in [2.24, 2.45) is 0 Å². The van der Waals surface area contributed by atoms with Gasteiger partial charge in [0.25, 0.3) is 0 Å². The summed E-state index contributed by atoms with van der Waals surface area (Å²) in [5.41, 5.74) is 2.13. The Morgan fingerprint density at radius 1 is 0.795 bits per heavy atom. The SMILES string of the molecule is CC[C@@]1(Sc2cccc3ccccc23)O[C@H](COCc2ccccc2)[C@@H](OCc2ccccc2)[C@H](OC)[C@H]1O. The first-order valence-corrected chi connectivity index (χ1v) is 14.3. The van der Waals surface area contributed by atoms with Crippen molar-refractivity contribution in [3.05, 3.63) is 114 Å². The predicted molar refractivity (Wildman–Crippen MR) is 156 cm³/mol. The van der Waals surface area contributed by atoms with Crippen LogP contribution in [0.15, 0.2) is 108 Å². The first kappa shape index (κ1) is 27.8. The summed E-state index contributed by atoms with van der Waals surface area (Å²) in [6.07, 6.45) is -1.93. The molecule has 0 aliphatic carbocycles. The van der Waals surface area contributed by atoms with Crippen LogP contribution in [0.5, 0.6) is 0 Å². The highest BCUT2D eigenvalue weighted by atomic mass is 32.2. The quantitative estimate of drug-likeness (QED) is 0.229. The minimum absolute atomic E-state index is 0.304. The van der Waals surface area contributed by atoms with Gasteiger partial charge in [-0.15, -0.1) is 0 Å². The van der Waals surface area contributed by atoms with E-state index in [0.29, 0.717) is 26.2 Å². The highest BCUT2D eigenvalue weighted by molar-refractivity contribution is 8.00. The van der Waals surface area contributed by atoms with Gasteiger partial charge in [-0.2, -0.15) is 0 Å². The summed E-state index contributed by atoms with van der Waals surface area (Å²) in [5, 5.41) is 14.1. The van der Waals surface area contributed by atoms with Gasteiger partial charge >= 0.3 is 0 Å². The Morgan fingerprint density at radius 3 is 2.13 bits per heavy atom. The molecule has 6 heteroatoms. The third-order valence-electron chi connectivity index (χ3n) is 7.28. The maximum atomic E-state index is 11.8. The summed E-state index contributed by atoms with van der Waals surface area (Å²) in [5.74, 6) is 0. The third-order valence-corrected chi connectivity index (χ3v) is 8.83. The molecule has 1 fully saturated rings. The van der Waals surface area contributed by atoms with Gasteiger partial charge in [-0.1, -0.05) is 116 Å². The fraction of sp³-hybridized carbons (Fsp3) is 0.333. The van der Waals surface area contributed by atoms with E-state index in [-0.39, 0.29) is 0 Å². The molecule has 0 radical (unpaired) electrons. The monoisotopic (exact) mass is 544 g/mol. The minimum Gasteiger partial charge on any atom is -0.386 e. The number of aliphatic hydroxyl groups is 1. The molecule has 204 valence electrons. The van der Waals surface area contributed by atoms with Crippen LogP contribution in [0.25, 0.3) is 10.8 Å². The van der Waals surface area contributed by atoms with Gasteiger partial charge in [-0.05, 0) is 34.4 Å². The highest BCUT2D eigenvalue weighted by Crippen LogP contribution is 2.48. The van der Waals surface area contributed by atoms with Crippen LogP contribution in [-0.2, 0) is 32.2 Å². The number of methoxy groups -OCH3 is 1. The van der Waals surface area contributed by atoms with Crippen molar-refractivity contribution in [2.75, 3.05) is 13.7 Å². The van der Waals surface area contributed by atoms with E-state index < -0.39 is 29.3 Å². The van der Waals surface area contributed by atoms with Gasteiger partial charge in [-0.3, -0.25) is 0 Å². The molecule has 0 bridgehead atoms. The van der Waals surface area contributed by atoms with Crippen LogP contribution < -0.4 is 0 Å². The van der Waals surface area contributed by atoms with E-state index in [0.717, 1.165) is 26.8 Å². The Morgan fingerprint density at radius 2 is 1.44 bits per heavy atom. The third kappa shape index (κ3) is 6.38. The minimum atomic E-state index is -0.946. The highest BCUT2D eigenvalue weighted by Gasteiger charge is 2.55. The Bertz CT molecular complexity index is 1310. The van der Waals surface area contributed by atoms with Crippen LogP contribution in [0.3, 0.4) is 0 Å². The summed E-state index contributed by atoms with van der Waals surface area (Å²) < 4.78 is 25.4. The lowest BCUT2D eigenvalue weighted by atomic mass is 9.92. The zero-order chi connectivity index (χ0) is 27.1. The van der Waals surface area contributed by atoms with Crippen LogP contribution >= 0.6 is 11.8 Å². The van der Waals surface area contributed by atoms with Gasteiger partial charge in [0.1, 0.15) is 29.3 Å². The van der Waals surface area contributed by atoms with Crippen molar-refractivity contribution in [2.45, 2.75) is 60.8 Å². The maximum absolute atomic E-state index is 11.8. The van der Waals surface area contributed by atoms with Crippen LogP contribution in [0.1, 0.15) is 24.5 Å². The van der Waals surface area contributed by atoms with Gasteiger partial charge < -0.3 is 24.1 Å². The zero-order valence-corrected chi connectivity index (χ0v) is 23.3. The molecule has 0 spiro atoms. The van der Waals surface area contributed by atoms with Crippen LogP contribution in [0.2, 0.25) is 0 Å². The van der Waals surface area contributed by atoms with Crippen molar-refractivity contribution in [3.8, 4) is 0 Å². The largest absolute Gasteiger partial charge is 0.386 e. The summed E-state index contributed by atoms with van der Waals surface area (Å²) in [6.45, 7) is 3.19. The summed E-state index contributed by atoms with van der Waals surface area (Å²) in [7, 11) is 1.63. The number of fused-ring (bicyclic) bond motifs is 1. The van der Waals surface area contributed by atoms with Crippen molar-refractivity contribution < 1.29 is 24.1 Å². The van der Waals surface area contributed by atoms with Crippen molar-refractivity contribution in [1.29, 1.82) is 0 Å². The number of ether oxygens (including phenoxy) is 4. The second-order valence-corrected chi connectivity index (χ2v) is 11.1. The van der Waals surface area contributed by atoms with Gasteiger partial charge in [0, 0.05) is 12.0 Å². The Balaban J connectivity index is 1.43. The first-order valence-electron chi connectivity index (χ1n) is 13.5. The van der Waals surface area contributed by atoms with Gasteiger partial charge in [-0.25, -0.2) is 0 Å². The molecule has 5 rings (SSSR count). The van der Waals surface area contributed by atoms with E-state index in [1.807, 2.05) is 85.8 Å².